The van der Waals surface area contributed by atoms with Gasteiger partial charge in [0.25, 0.3) is 0 Å². The molecule has 0 N–H and O–H groups in total. The lowest BCUT2D eigenvalue weighted by atomic mass is 10.0. The summed E-state index contributed by atoms with van der Waals surface area (Å²) in [5.74, 6) is 2.62. The summed E-state index contributed by atoms with van der Waals surface area (Å²) in [5.41, 5.74) is 5.57. The molecule has 2 heteroatoms. The Kier molecular flexibility index (Phi) is 5.09. The third-order valence-corrected chi connectivity index (χ3v) is 3.23. The number of rotatable bonds is 5. The molecule has 0 atom stereocenters. The lowest BCUT2D eigenvalue weighted by Gasteiger charge is -2.19. The summed E-state index contributed by atoms with van der Waals surface area (Å²) in [6.07, 6.45) is 6.03. The number of hydrogen-bond donors (Lipinski definition) is 0. The van der Waals surface area contributed by atoms with Crippen LogP contribution in [0.15, 0.2) is 41.5 Å². The van der Waals surface area contributed by atoms with Crippen LogP contribution in [0.4, 0.5) is 0 Å². The second kappa shape index (κ2) is 7.02. The Bertz CT molecular complexity index is 561. The van der Waals surface area contributed by atoms with Gasteiger partial charge in [-0.1, -0.05) is 32.0 Å². The van der Waals surface area contributed by atoms with E-state index in [-0.39, 0.29) is 0 Å². The van der Waals surface area contributed by atoms with E-state index in [1.54, 1.807) is 7.11 Å². The van der Waals surface area contributed by atoms with E-state index in [0.717, 1.165) is 48.5 Å². The largest absolute Gasteiger partial charge is 0.493 e. The lowest BCUT2D eigenvalue weighted by Crippen LogP contribution is -2.01. The topological polar surface area (TPSA) is 18.5 Å². The van der Waals surface area contributed by atoms with E-state index in [1.807, 2.05) is 6.07 Å². The molecule has 1 aromatic rings. The zero-order valence-electron chi connectivity index (χ0n) is 12.5. The lowest BCUT2D eigenvalue weighted by molar-refractivity contribution is 0.276. The first kappa shape index (κ1) is 14.5. The fourth-order valence-corrected chi connectivity index (χ4v) is 2.25. The maximum atomic E-state index is 6.00. The van der Waals surface area contributed by atoms with E-state index in [9.17, 15) is 0 Å². The second-order valence-corrected chi connectivity index (χ2v) is 4.88. The van der Waals surface area contributed by atoms with E-state index in [4.69, 9.17) is 9.47 Å². The molecule has 0 saturated heterocycles. The number of ether oxygens (including phenoxy) is 2. The van der Waals surface area contributed by atoms with Gasteiger partial charge in [-0.05, 0) is 36.3 Å². The third kappa shape index (κ3) is 3.34. The van der Waals surface area contributed by atoms with Crippen molar-refractivity contribution in [1.29, 1.82) is 0 Å². The van der Waals surface area contributed by atoms with Crippen molar-refractivity contribution in [3.8, 4) is 0 Å². The molecule has 0 spiro atoms. The molecule has 1 aliphatic rings. The molecule has 0 aliphatic carbocycles. The zero-order chi connectivity index (χ0) is 14.4. The van der Waals surface area contributed by atoms with Gasteiger partial charge in [0.1, 0.15) is 11.5 Å². The van der Waals surface area contributed by atoms with Crippen molar-refractivity contribution in [2.24, 2.45) is 0 Å². The van der Waals surface area contributed by atoms with Gasteiger partial charge in [-0.25, -0.2) is 0 Å². The van der Waals surface area contributed by atoms with Gasteiger partial charge in [-0.3, -0.25) is 0 Å². The highest BCUT2D eigenvalue weighted by molar-refractivity contribution is 5.75. The first-order chi connectivity index (χ1) is 9.78. The van der Waals surface area contributed by atoms with Crippen LogP contribution in [-0.4, -0.2) is 7.11 Å². The molecule has 0 fully saturated rings. The summed E-state index contributed by atoms with van der Waals surface area (Å²) in [6.45, 7) is 4.28. The predicted molar refractivity (Wildman–Crippen MR) is 82.8 cm³/mol. The Labute approximate surface area is 121 Å². The standard InChI is InChI=1S/C18H22O2/c1-4-8-15(19-3)13-18-17-11-7-6-10-14(17)12-16(20-18)9-5-2/h6-7,10-12H,4-5,8-9H2,1-3H3. The van der Waals surface area contributed by atoms with Gasteiger partial charge < -0.3 is 9.47 Å². The van der Waals surface area contributed by atoms with E-state index in [0.29, 0.717) is 0 Å². The molecule has 0 amide bonds. The maximum Gasteiger partial charge on any atom is 0.180 e. The highest BCUT2D eigenvalue weighted by atomic mass is 16.5. The van der Waals surface area contributed by atoms with E-state index < -0.39 is 0 Å². The number of benzene rings is 1. The van der Waals surface area contributed by atoms with Crippen LogP contribution >= 0.6 is 0 Å². The summed E-state index contributed by atoms with van der Waals surface area (Å²) in [4.78, 5) is 0. The quantitative estimate of drug-likeness (QED) is 0.545. The van der Waals surface area contributed by atoms with Gasteiger partial charge in [0.15, 0.2) is 5.76 Å². The summed E-state index contributed by atoms with van der Waals surface area (Å²) in [6, 6.07) is 8.25. The van der Waals surface area contributed by atoms with Crippen LogP contribution in [0.5, 0.6) is 0 Å². The van der Waals surface area contributed by atoms with Crippen molar-refractivity contribution in [3.05, 3.63) is 52.6 Å². The van der Waals surface area contributed by atoms with Crippen molar-refractivity contribution in [3.63, 3.8) is 0 Å². The molecule has 20 heavy (non-hydrogen) atoms. The smallest absolute Gasteiger partial charge is 0.180 e. The SMILES string of the molecule is CCCC(=C=C1OC(CCC)=Cc2ccccc21)OC. The van der Waals surface area contributed by atoms with Crippen molar-refractivity contribution in [2.75, 3.05) is 7.11 Å². The third-order valence-electron chi connectivity index (χ3n) is 3.23. The van der Waals surface area contributed by atoms with Crippen molar-refractivity contribution in [1.82, 2.24) is 0 Å². The molecule has 0 radical (unpaired) electrons. The Morgan fingerprint density at radius 1 is 1.20 bits per heavy atom. The minimum Gasteiger partial charge on any atom is -0.493 e. The molecule has 1 aliphatic heterocycles. The minimum absolute atomic E-state index is 0.775. The van der Waals surface area contributed by atoms with Crippen molar-refractivity contribution >= 4 is 11.8 Å². The molecule has 2 nitrogen and oxygen atoms in total. The van der Waals surface area contributed by atoms with Crippen LogP contribution < -0.4 is 0 Å². The Morgan fingerprint density at radius 3 is 2.70 bits per heavy atom. The molecular weight excluding hydrogens is 248 g/mol. The average molecular weight is 270 g/mol. The summed E-state index contributed by atoms with van der Waals surface area (Å²) in [5, 5.41) is 0. The fraction of sp³-hybridized carbons (Fsp3) is 0.389. The Balaban J connectivity index is 2.49. The Morgan fingerprint density at radius 2 is 2.00 bits per heavy atom. The number of allylic oxidation sites excluding steroid dienone is 2. The average Bonchev–Trinajstić information content (AvgIpc) is 2.47. The Hall–Kier alpha value is -1.92. The second-order valence-electron chi connectivity index (χ2n) is 4.88. The van der Waals surface area contributed by atoms with Crippen LogP contribution in [-0.2, 0) is 9.47 Å². The van der Waals surface area contributed by atoms with Gasteiger partial charge in [-0.2, -0.15) is 0 Å². The maximum absolute atomic E-state index is 6.00. The van der Waals surface area contributed by atoms with Crippen LogP contribution in [0.2, 0.25) is 0 Å². The highest BCUT2D eigenvalue weighted by Gasteiger charge is 2.16. The molecule has 2 rings (SSSR count). The number of methoxy groups -OCH3 is 1. The molecule has 1 aromatic carbocycles. The van der Waals surface area contributed by atoms with E-state index >= 15 is 0 Å². The summed E-state index contributed by atoms with van der Waals surface area (Å²) < 4.78 is 11.4. The minimum atomic E-state index is 0.775. The first-order valence-electron chi connectivity index (χ1n) is 7.30. The van der Waals surface area contributed by atoms with Crippen LogP contribution in [0.25, 0.3) is 11.8 Å². The van der Waals surface area contributed by atoms with Gasteiger partial charge in [0, 0.05) is 18.4 Å². The molecule has 0 saturated carbocycles. The van der Waals surface area contributed by atoms with Gasteiger partial charge >= 0.3 is 0 Å². The highest BCUT2D eigenvalue weighted by Crippen LogP contribution is 2.31. The predicted octanol–water partition coefficient (Wildman–Crippen LogP) is 5.13. The van der Waals surface area contributed by atoms with Crippen molar-refractivity contribution in [2.45, 2.75) is 39.5 Å². The molecule has 0 unspecified atom stereocenters. The summed E-state index contributed by atoms with van der Waals surface area (Å²) >= 11 is 0. The zero-order valence-corrected chi connectivity index (χ0v) is 12.5. The molecule has 0 bridgehead atoms. The normalized spacial score (nSPS) is 12.9. The van der Waals surface area contributed by atoms with E-state index in [1.165, 1.54) is 5.56 Å². The van der Waals surface area contributed by atoms with Crippen LogP contribution in [0, 0.1) is 0 Å². The molecule has 1 heterocycles. The van der Waals surface area contributed by atoms with E-state index in [2.05, 4.69) is 43.9 Å². The summed E-state index contributed by atoms with van der Waals surface area (Å²) in [7, 11) is 1.69. The van der Waals surface area contributed by atoms with Gasteiger partial charge in [0.05, 0.1) is 7.11 Å². The van der Waals surface area contributed by atoms with Gasteiger partial charge in [-0.15, -0.1) is 0 Å². The number of hydrogen-bond acceptors (Lipinski definition) is 2. The molecular formula is C18H22O2. The number of fused-ring (bicyclic) bond motifs is 1. The first-order valence-corrected chi connectivity index (χ1v) is 7.30. The van der Waals surface area contributed by atoms with Gasteiger partial charge in [0.2, 0.25) is 0 Å². The fourth-order valence-electron chi connectivity index (χ4n) is 2.25. The monoisotopic (exact) mass is 270 g/mol. The molecule has 106 valence electrons. The van der Waals surface area contributed by atoms with Crippen LogP contribution in [0.1, 0.15) is 50.7 Å². The van der Waals surface area contributed by atoms with Crippen LogP contribution in [0.3, 0.4) is 0 Å². The molecule has 0 aromatic heterocycles. The van der Waals surface area contributed by atoms with Crippen molar-refractivity contribution < 1.29 is 9.47 Å².